The number of anilines is 2. The summed E-state index contributed by atoms with van der Waals surface area (Å²) >= 11 is 0. The molecule has 0 radical (unpaired) electrons. The van der Waals surface area contributed by atoms with Gasteiger partial charge >= 0.3 is 0 Å². The molecular weight excluding hydrogens is 270 g/mol. The summed E-state index contributed by atoms with van der Waals surface area (Å²) in [6, 6.07) is 6.80. The summed E-state index contributed by atoms with van der Waals surface area (Å²) in [7, 11) is 3.56. The van der Waals surface area contributed by atoms with Crippen molar-refractivity contribution in [3.8, 4) is 0 Å². The van der Waals surface area contributed by atoms with Crippen LogP contribution in [0.4, 0.5) is 17.3 Å². The monoisotopic (exact) mass is 287 g/mol. The van der Waals surface area contributed by atoms with Gasteiger partial charge in [-0.15, -0.1) is 0 Å². The zero-order chi connectivity index (χ0) is 15.2. The number of pyridine rings is 2. The van der Waals surface area contributed by atoms with Gasteiger partial charge in [-0.3, -0.25) is 15.1 Å². The van der Waals surface area contributed by atoms with Gasteiger partial charge in [0.05, 0.1) is 17.1 Å². The van der Waals surface area contributed by atoms with Gasteiger partial charge < -0.3 is 10.2 Å². The Morgan fingerprint density at radius 2 is 2.05 bits per heavy atom. The lowest BCUT2D eigenvalue weighted by Crippen LogP contribution is -2.21. The molecule has 0 saturated heterocycles. The van der Waals surface area contributed by atoms with E-state index in [9.17, 15) is 10.1 Å². The van der Waals surface area contributed by atoms with E-state index >= 15 is 0 Å². The van der Waals surface area contributed by atoms with Gasteiger partial charge in [0.25, 0.3) is 5.69 Å². The molecule has 0 amide bonds. The molecule has 0 aliphatic rings. The van der Waals surface area contributed by atoms with Crippen LogP contribution in [0.5, 0.6) is 0 Å². The average Bonchev–Trinajstić information content (AvgIpc) is 2.53. The van der Waals surface area contributed by atoms with Crippen molar-refractivity contribution < 1.29 is 4.92 Å². The predicted molar refractivity (Wildman–Crippen MR) is 81.6 cm³/mol. The molecule has 0 fully saturated rings. The second-order valence-corrected chi connectivity index (χ2v) is 4.60. The third-order valence-corrected chi connectivity index (χ3v) is 3.14. The fourth-order valence-electron chi connectivity index (χ4n) is 1.89. The lowest BCUT2D eigenvalue weighted by molar-refractivity contribution is -0.384. The van der Waals surface area contributed by atoms with Crippen LogP contribution in [0, 0.1) is 10.1 Å². The number of hydrogen-bond donors (Lipinski definition) is 1. The van der Waals surface area contributed by atoms with E-state index in [1.165, 1.54) is 12.1 Å². The quantitative estimate of drug-likeness (QED) is 0.647. The summed E-state index contributed by atoms with van der Waals surface area (Å²) in [4.78, 5) is 20.8. The van der Waals surface area contributed by atoms with Gasteiger partial charge in [0.2, 0.25) is 0 Å². The second kappa shape index (κ2) is 6.65. The molecule has 7 nitrogen and oxygen atoms in total. The minimum absolute atomic E-state index is 0.0279. The number of aromatic nitrogens is 2. The molecule has 0 atom stereocenters. The molecule has 7 heteroatoms. The zero-order valence-electron chi connectivity index (χ0n) is 12.0. The summed E-state index contributed by atoms with van der Waals surface area (Å²) in [6.07, 6.45) is 4.32. The lowest BCUT2D eigenvalue weighted by atomic mass is 10.2. The Bertz CT molecular complexity index is 618. The Morgan fingerprint density at radius 3 is 2.67 bits per heavy atom. The van der Waals surface area contributed by atoms with Crippen LogP contribution in [0.3, 0.4) is 0 Å². The second-order valence-electron chi connectivity index (χ2n) is 4.60. The van der Waals surface area contributed by atoms with Crippen molar-refractivity contribution in [2.24, 2.45) is 0 Å². The Labute approximate surface area is 122 Å². The summed E-state index contributed by atoms with van der Waals surface area (Å²) < 4.78 is 0. The normalized spacial score (nSPS) is 10.2. The van der Waals surface area contributed by atoms with E-state index in [4.69, 9.17) is 0 Å². The Hall–Kier alpha value is -2.70. The van der Waals surface area contributed by atoms with E-state index in [1.54, 1.807) is 19.4 Å². The van der Waals surface area contributed by atoms with Crippen LogP contribution in [-0.2, 0) is 6.42 Å². The van der Waals surface area contributed by atoms with Gasteiger partial charge in [0.1, 0.15) is 11.6 Å². The van der Waals surface area contributed by atoms with Crippen LogP contribution < -0.4 is 10.2 Å². The van der Waals surface area contributed by atoms with E-state index in [1.807, 2.05) is 24.1 Å². The van der Waals surface area contributed by atoms with Gasteiger partial charge in [-0.25, -0.2) is 4.98 Å². The maximum absolute atomic E-state index is 10.9. The largest absolute Gasteiger partial charge is 0.373 e. The summed E-state index contributed by atoms with van der Waals surface area (Å²) in [5, 5.41) is 13.8. The fourth-order valence-corrected chi connectivity index (χ4v) is 1.89. The molecule has 0 unspecified atom stereocenters. The molecule has 0 saturated carbocycles. The molecule has 2 heterocycles. The van der Waals surface area contributed by atoms with Crippen LogP contribution in [0.1, 0.15) is 5.56 Å². The highest BCUT2D eigenvalue weighted by Gasteiger charge is 2.13. The van der Waals surface area contributed by atoms with Gasteiger partial charge in [0.15, 0.2) is 0 Å². The number of hydrogen-bond acceptors (Lipinski definition) is 6. The first-order valence-electron chi connectivity index (χ1n) is 6.54. The summed E-state index contributed by atoms with van der Waals surface area (Å²) in [5.74, 6) is 1.05. The molecular formula is C14H17N5O2. The SMILES string of the molecule is CNc1cc([N+](=O)[O-])cc(N(C)CCc2ccncc2)n1. The molecule has 0 spiro atoms. The molecule has 2 rings (SSSR count). The van der Waals surface area contributed by atoms with E-state index in [0.717, 1.165) is 12.0 Å². The summed E-state index contributed by atoms with van der Waals surface area (Å²) in [5.41, 5.74) is 1.19. The van der Waals surface area contributed by atoms with Crippen molar-refractivity contribution in [3.63, 3.8) is 0 Å². The predicted octanol–water partition coefficient (Wildman–Crippen LogP) is 2.11. The van der Waals surface area contributed by atoms with Crippen molar-refractivity contribution in [2.45, 2.75) is 6.42 Å². The smallest absolute Gasteiger partial charge is 0.276 e. The van der Waals surface area contributed by atoms with Crippen molar-refractivity contribution in [1.29, 1.82) is 0 Å². The van der Waals surface area contributed by atoms with E-state index in [2.05, 4.69) is 15.3 Å². The summed E-state index contributed by atoms with van der Waals surface area (Å²) in [6.45, 7) is 0.710. The Morgan fingerprint density at radius 1 is 1.33 bits per heavy atom. The van der Waals surface area contributed by atoms with Crippen molar-refractivity contribution in [3.05, 3.63) is 52.3 Å². The molecule has 21 heavy (non-hydrogen) atoms. The molecule has 0 aromatic carbocycles. The number of nitrogens with one attached hydrogen (secondary N) is 1. The first kappa shape index (κ1) is 14.7. The zero-order valence-corrected chi connectivity index (χ0v) is 12.0. The molecule has 2 aromatic rings. The lowest BCUT2D eigenvalue weighted by Gasteiger charge is -2.18. The van der Waals surface area contributed by atoms with E-state index < -0.39 is 4.92 Å². The highest BCUT2D eigenvalue weighted by molar-refractivity contribution is 5.55. The van der Waals surface area contributed by atoms with Gasteiger partial charge in [-0.2, -0.15) is 0 Å². The molecule has 1 N–H and O–H groups in total. The molecule has 2 aromatic heterocycles. The van der Waals surface area contributed by atoms with Crippen LogP contribution in [0.2, 0.25) is 0 Å². The number of nitro groups is 1. The van der Waals surface area contributed by atoms with Crippen LogP contribution >= 0.6 is 0 Å². The Balaban J connectivity index is 2.12. The van der Waals surface area contributed by atoms with E-state index in [-0.39, 0.29) is 5.69 Å². The van der Waals surface area contributed by atoms with Gasteiger partial charge in [-0.05, 0) is 24.1 Å². The topological polar surface area (TPSA) is 84.2 Å². The highest BCUT2D eigenvalue weighted by atomic mass is 16.6. The van der Waals surface area contributed by atoms with Crippen molar-refractivity contribution in [2.75, 3.05) is 30.9 Å². The van der Waals surface area contributed by atoms with Crippen molar-refractivity contribution in [1.82, 2.24) is 9.97 Å². The number of likely N-dealkylation sites (N-methyl/N-ethyl adjacent to an activating group) is 1. The van der Waals surface area contributed by atoms with Gasteiger partial charge in [-0.1, -0.05) is 0 Å². The van der Waals surface area contributed by atoms with Crippen LogP contribution in [0.15, 0.2) is 36.7 Å². The first-order chi connectivity index (χ1) is 10.1. The third-order valence-electron chi connectivity index (χ3n) is 3.14. The van der Waals surface area contributed by atoms with Crippen LogP contribution in [0.25, 0.3) is 0 Å². The molecule has 0 aliphatic carbocycles. The Kier molecular flexibility index (Phi) is 4.65. The maximum atomic E-state index is 10.9. The minimum atomic E-state index is -0.414. The first-order valence-corrected chi connectivity index (χ1v) is 6.54. The number of rotatable bonds is 6. The fraction of sp³-hybridized carbons (Fsp3) is 0.286. The molecule has 0 bridgehead atoms. The standard InChI is InChI=1S/C14H17N5O2/c1-15-13-9-12(19(20)21)10-14(17-13)18(2)8-5-11-3-6-16-7-4-11/h3-4,6-7,9-10H,5,8H2,1-2H3,(H,15,17). The van der Waals surface area contributed by atoms with Crippen molar-refractivity contribution >= 4 is 17.3 Å². The van der Waals surface area contributed by atoms with E-state index in [0.29, 0.717) is 18.2 Å². The molecule has 0 aliphatic heterocycles. The minimum Gasteiger partial charge on any atom is -0.373 e. The third kappa shape index (κ3) is 3.88. The van der Waals surface area contributed by atoms with Gasteiger partial charge in [0, 0.05) is 33.0 Å². The number of nitrogens with zero attached hydrogens (tertiary/aromatic N) is 4. The average molecular weight is 287 g/mol. The molecule has 110 valence electrons. The maximum Gasteiger partial charge on any atom is 0.276 e. The highest BCUT2D eigenvalue weighted by Crippen LogP contribution is 2.22. The van der Waals surface area contributed by atoms with Crippen LogP contribution in [-0.4, -0.2) is 35.5 Å².